The molecule has 1 aliphatic carbocycles. The molecule has 0 fully saturated rings. The summed E-state index contributed by atoms with van der Waals surface area (Å²) in [5.41, 5.74) is 3.46. The van der Waals surface area contributed by atoms with Crippen LogP contribution in [0, 0.1) is 18.7 Å². The van der Waals surface area contributed by atoms with Gasteiger partial charge in [-0.1, -0.05) is 77.6 Å². The van der Waals surface area contributed by atoms with Gasteiger partial charge in [-0.05, 0) is 79.0 Å². The number of hydrogen-bond donors (Lipinski definition) is 2. The number of hydrogen-bond acceptors (Lipinski definition) is 7. The molecule has 5 rings (SSSR count). The molecule has 2 atom stereocenters. The molecule has 0 aliphatic heterocycles. The zero-order valence-electron chi connectivity index (χ0n) is 36.6. The fourth-order valence-corrected chi connectivity index (χ4v) is 7.34. The third-order valence-corrected chi connectivity index (χ3v) is 11.1. The van der Waals surface area contributed by atoms with Crippen LogP contribution in [0.2, 0.25) is 5.02 Å². The number of benzene rings is 2. The minimum Gasteiger partial charge on any atom is -0.481 e. The molecule has 2 aromatic carbocycles. The Kier molecular flexibility index (Phi) is 18.8. The predicted molar refractivity (Wildman–Crippen MR) is 236 cm³/mol. The van der Waals surface area contributed by atoms with Crippen LogP contribution >= 0.6 is 11.6 Å². The van der Waals surface area contributed by atoms with Gasteiger partial charge in [0.15, 0.2) is 0 Å². The Balaban J connectivity index is 0.000000414. The highest BCUT2D eigenvalue weighted by atomic mass is 35.5. The fraction of sp³-hybridized carbons (Fsp3) is 0.489. The van der Waals surface area contributed by atoms with Crippen molar-refractivity contribution in [2.45, 2.75) is 86.0 Å². The van der Waals surface area contributed by atoms with Crippen molar-refractivity contribution in [3.05, 3.63) is 96.5 Å². The van der Waals surface area contributed by atoms with Crippen molar-refractivity contribution < 1.29 is 23.5 Å². The second kappa shape index (κ2) is 23.0. The van der Waals surface area contributed by atoms with E-state index in [4.69, 9.17) is 26.1 Å². The van der Waals surface area contributed by atoms with Crippen LogP contribution < -0.4 is 26.6 Å². The van der Waals surface area contributed by atoms with Crippen LogP contribution in [0.5, 0.6) is 5.88 Å². The van der Waals surface area contributed by atoms with E-state index in [1.165, 1.54) is 45.6 Å². The lowest BCUT2D eigenvalue weighted by atomic mass is 9.95. The normalized spacial score (nSPS) is 13.3. The first-order valence-corrected chi connectivity index (χ1v) is 20.8. The standard InChI is InChI=1S/C30H28ClFN4O4.C13H28N2O2.C2H6/c1-15-9-10-17-13-23(34-28(40-5)24(15)17)19-11-12-21(32)25(26(19)31)18-7-6-8-22(16(18)2)33-27(37)20-14-35(3)30(39)36(4)29(20)38;1-5-12(2)8-6-7-9-15(10-11-17-4)13(16)14-3;1-2/h6-8,11-15H,9-10H2,1-5H3,(H,33,37);12H,5-11H2,1-4H3,(H,14,16);1-2H3. The van der Waals surface area contributed by atoms with Crippen molar-refractivity contribution in [1.29, 1.82) is 0 Å². The Bertz CT molecular complexity index is 2190. The van der Waals surface area contributed by atoms with Gasteiger partial charge in [0.1, 0.15) is 11.4 Å². The van der Waals surface area contributed by atoms with Gasteiger partial charge in [0.05, 0.1) is 24.4 Å². The minimum absolute atomic E-state index is 0.00871. The molecule has 0 spiro atoms. The van der Waals surface area contributed by atoms with Crippen LogP contribution in [0.4, 0.5) is 14.9 Å². The van der Waals surface area contributed by atoms with E-state index >= 15 is 4.39 Å². The van der Waals surface area contributed by atoms with E-state index in [-0.39, 0.29) is 22.2 Å². The number of unbranched alkanes of at least 4 members (excludes halogenated alkanes) is 1. The van der Waals surface area contributed by atoms with Crippen molar-refractivity contribution in [3.8, 4) is 28.3 Å². The molecule has 0 saturated heterocycles. The van der Waals surface area contributed by atoms with E-state index in [1.54, 1.807) is 52.5 Å². The van der Waals surface area contributed by atoms with E-state index in [2.05, 4.69) is 31.4 Å². The van der Waals surface area contributed by atoms with Crippen LogP contribution in [-0.2, 0) is 25.3 Å². The summed E-state index contributed by atoms with van der Waals surface area (Å²) in [6, 6.07) is 9.95. The van der Waals surface area contributed by atoms with Gasteiger partial charge >= 0.3 is 11.7 Å². The number of carbonyl (C=O) groups excluding carboxylic acids is 2. The number of nitrogens with one attached hydrogen (secondary N) is 2. The number of urea groups is 1. The van der Waals surface area contributed by atoms with Crippen molar-refractivity contribution >= 4 is 29.2 Å². The lowest BCUT2D eigenvalue weighted by Crippen LogP contribution is -2.40. The van der Waals surface area contributed by atoms with Gasteiger partial charge < -0.3 is 29.6 Å². The summed E-state index contributed by atoms with van der Waals surface area (Å²) in [4.78, 5) is 55.7. The van der Waals surface area contributed by atoms with Crippen LogP contribution in [0.25, 0.3) is 22.4 Å². The number of pyridine rings is 1. The summed E-state index contributed by atoms with van der Waals surface area (Å²) in [5, 5.41) is 5.57. The summed E-state index contributed by atoms with van der Waals surface area (Å²) in [5.74, 6) is 0.453. The second-order valence-electron chi connectivity index (χ2n) is 14.6. The number of amides is 3. The molecule has 59 heavy (non-hydrogen) atoms. The summed E-state index contributed by atoms with van der Waals surface area (Å²) < 4.78 is 28.0. The molecule has 14 heteroatoms. The van der Waals surface area contributed by atoms with E-state index in [1.807, 2.05) is 24.8 Å². The Morgan fingerprint density at radius 2 is 1.80 bits per heavy atom. The van der Waals surface area contributed by atoms with Crippen LogP contribution in [0.3, 0.4) is 0 Å². The number of anilines is 1. The number of aryl methyl sites for hydroxylation is 2. The molecule has 322 valence electrons. The van der Waals surface area contributed by atoms with Gasteiger partial charge in [0, 0.05) is 69.9 Å². The molecule has 1 aliphatic rings. The van der Waals surface area contributed by atoms with Gasteiger partial charge in [-0.3, -0.25) is 14.2 Å². The highest BCUT2D eigenvalue weighted by molar-refractivity contribution is 6.36. The minimum atomic E-state index is -0.720. The molecule has 0 saturated carbocycles. The molecule has 3 amide bonds. The number of ether oxygens (including phenoxy) is 2. The third kappa shape index (κ3) is 11.8. The number of fused-ring (bicyclic) bond motifs is 1. The Morgan fingerprint density at radius 3 is 2.44 bits per heavy atom. The molecule has 2 unspecified atom stereocenters. The van der Waals surface area contributed by atoms with E-state index in [9.17, 15) is 19.2 Å². The van der Waals surface area contributed by atoms with Crippen LogP contribution in [-0.4, -0.2) is 71.9 Å². The Labute approximate surface area is 353 Å². The number of carbonyl (C=O) groups is 2. The summed E-state index contributed by atoms with van der Waals surface area (Å²) in [6.07, 6.45) is 7.84. The smallest absolute Gasteiger partial charge is 0.330 e. The fourth-order valence-electron chi connectivity index (χ4n) is 6.99. The van der Waals surface area contributed by atoms with Gasteiger partial charge in [0.25, 0.3) is 11.5 Å². The van der Waals surface area contributed by atoms with Crippen molar-refractivity contribution in [1.82, 2.24) is 24.3 Å². The summed E-state index contributed by atoms with van der Waals surface area (Å²) in [6.45, 7) is 14.5. The van der Waals surface area contributed by atoms with Gasteiger partial charge in [-0.2, -0.15) is 0 Å². The molecule has 2 heterocycles. The lowest BCUT2D eigenvalue weighted by Gasteiger charge is -2.22. The van der Waals surface area contributed by atoms with Gasteiger partial charge in [-0.15, -0.1) is 0 Å². The van der Waals surface area contributed by atoms with Crippen LogP contribution in [0.1, 0.15) is 99.7 Å². The molecular formula is C45H62ClFN6O6. The van der Waals surface area contributed by atoms with Crippen LogP contribution in [0.15, 0.2) is 52.2 Å². The highest BCUT2D eigenvalue weighted by Gasteiger charge is 2.27. The first-order chi connectivity index (χ1) is 28.2. The first kappa shape index (κ1) is 48.4. The second-order valence-corrected chi connectivity index (χ2v) is 15.0. The SMILES string of the molecule is CC.CCC(C)CCCCN(CCOC)C(=O)NC.COc1nc(-c2ccc(F)c(-c3cccc(NC(=O)c4cn(C)c(=O)n(C)c4=O)c3C)c2Cl)cc2c1C(C)CC2. The number of halogens is 2. The number of methoxy groups -OCH3 is 2. The molecule has 0 radical (unpaired) electrons. The number of rotatable bonds is 14. The average molecular weight is 837 g/mol. The molecule has 2 aromatic heterocycles. The maximum absolute atomic E-state index is 15.4. The third-order valence-electron chi connectivity index (χ3n) is 10.7. The van der Waals surface area contributed by atoms with Crippen molar-refractivity contribution in [3.63, 3.8) is 0 Å². The molecule has 12 nitrogen and oxygen atoms in total. The van der Waals surface area contributed by atoms with E-state index in [0.717, 1.165) is 52.0 Å². The first-order valence-electron chi connectivity index (χ1n) is 20.4. The predicted octanol–water partition coefficient (Wildman–Crippen LogP) is 8.74. The molecular weight excluding hydrogens is 775 g/mol. The molecule has 2 N–H and O–H groups in total. The molecule has 0 bridgehead atoms. The summed E-state index contributed by atoms with van der Waals surface area (Å²) >= 11 is 6.87. The van der Waals surface area contributed by atoms with Gasteiger partial charge in [-0.25, -0.2) is 19.0 Å². The van der Waals surface area contributed by atoms with Crippen molar-refractivity contribution in [2.24, 2.45) is 20.0 Å². The van der Waals surface area contributed by atoms with E-state index in [0.29, 0.717) is 53.0 Å². The van der Waals surface area contributed by atoms with Crippen molar-refractivity contribution in [2.75, 3.05) is 46.3 Å². The largest absolute Gasteiger partial charge is 0.481 e. The average Bonchev–Trinajstić information content (AvgIpc) is 3.62. The quantitative estimate of drug-likeness (QED) is 0.121. The zero-order chi connectivity index (χ0) is 44.0. The zero-order valence-corrected chi connectivity index (χ0v) is 37.3. The topological polar surface area (TPSA) is 137 Å². The number of aromatic nitrogens is 3. The van der Waals surface area contributed by atoms with Gasteiger partial charge in [0.2, 0.25) is 5.88 Å². The molecule has 4 aromatic rings. The number of nitrogens with zero attached hydrogens (tertiary/aromatic N) is 4. The Hall–Kier alpha value is -5.01. The maximum Gasteiger partial charge on any atom is 0.330 e. The highest BCUT2D eigenvalue weighted by Crippen LogP contribution is 2.44. The lowest BCUT2D eigenvalue weighted by molar-refractivity contribution is 0.102. The Morgan fingerprint density at radius 1 is 1.08 bits per heavy atom. The summed E-state index contributed by atoms with van der Waals surface area (Å²) in [7, 11) is 7.67. The maximum atomic E-state index is 15.4. The van der Waals surface area contributed by atoms with E-state index < -0.39 is 23.0 Å². The monoisotopic (exact) mass is 836 g/mol.